The van der Waals surface area contributed by atoms with E-state index in [4.69, 9.17) is 14.2 Å². The number of aliphatic hydroxyl groups is 2. The van der Waals surface area contributed by atoms with Crippen LogP contribution in [0.5, 0.6) is 0 Å². The predicted octanol–water partition coefficient (Wildman–Crippen LogP) is -1.40. The Morgan fingerprint density at radius 3 is 2.86 bits per heavy atom. The van der Waals surface area contributed by atoms with Crippen molar-refractivity contribution in [3.63, 3.8) is 0 Å². The van der Waals surface area contributed by atoms with Gasteiger partial charge in [-0.15, -0.1) is 0 Å². The number of hydrogen-bond acceptors (Lipinski definition) is 8. The molecule has 0 radical (unpaired) electrons. The van der Waals surface area contributed by atoms with Crippen LogP contribution in [0, 0.1) is 6.92 Å². The molecule has 0 saturated carbocycles. The van der Waals surface area contributed by atoms with Crippen molar-refractivity contribution >= 4 is 5.95 Å². The first-order chi connectivity index (χ1) is 10.5. The molecule has 0 bridgehead atoms. The average molecular weight is 315 g/mol. The first kappa shape index (κ1) is 16.8. The first-order valence-corrected chi connectivity index (χ1v) is 6.95. The van der Waals surface area contributed by atoms with Crippen LogP contribution in [0.4, 0.5) is 5.95 Å². The Hall–Kier alpha value is -1.52. The Morgan fingerprint density at radius 1 is 1.45 bits per heavy atom. The fourth-order valence-corrected chi connectivity index (χ4v) is 2.04. The van der Waals surface area contributed by atoms with Crippen molar-refractivity contribution in [3.8, 4) is 0 Å². The predicted molar refractivity (Wildman–Crippen MR) is 76.6 cm³/mol. The molecule has 9 heteroatoms. The fraction of sp³-hybridized carbons (Fsp3) is 0.692. The number of hydrogen-bond donors (Lipinski definition) is 4. The average Bonchev–Trinajstić information content (AvgIpc) is 2.78. The summed E-state index contributed by atoms with van der Waals surface area (Å²) in [6.45, 7) is 2.54. The van der Waals surface area contributed by atoms with Crippen molar-refractivity contribution < 1.29 is 24.4 Å². The molecule has 0 unspecified atom stereocenters. The molecule has 4 atom stereocenters. The van der Waals surface area contributed by atoms with Crippen molar-refractivity contribution in [1.82, 2.24) is 9.97 Å². The highest BCUT2D eigenvalue weighted by Crippen LogP contribution is 2.21. The van der Waals surface area contributed by atoms with E-state index in [1.54, 1.807) is 6.92 Å². The maximum Gasteiger partial charge on any atom is 0.255 e. The molecule has 1 saturated heterocycles. The largest absolute Gasteiger partial charge is 0.387 e. The summed E-state index contributed by atoms with van der Waals surface area (Å²) in [7, 11) is 1.39. The number of aromatic amines is 1. The van der Waals surface area contributed by atoms with Crippen LogP contribution in [0.2, 0.25) is 0 Å². The standard InChI is InChI=1S/C13H21N3O6/c1-7-5-15-13(16-11(7)19)14-3-4-21-6-8-9(17)10(18)12(20-2)22-8/h5,8-10,12,17-18H,3-4,6H2,1-2H3,(H2,14,15,16,19)/t8-,9-,10-,12-/m1/s1. The number of aromatic nitrogens is 2. The van der Waals surface area contributed by atoms with E-state index in [9.17, 15) is 15.0 Å². The summed E-state index contributed by atoms with van der Waals surface area (Å²) in [5, 5.41) is 22.3. The van der Waals surface area contributed by atoms with Gasteiger partial charge in [0.25, 0.3) is 5.56 Å². The topological polar surface area (TPSA) is 126 Å². The molecule has 22 heavy (non-hydrogen) atoms. The molecule has 1 aromatic rings. The van der Waals surface area contributed by atoms with Crippen LogP contribution in [0.25, 0.3) is 0 Å². The SMILES string of the molecule is CO[C@@H]1O[C@H](COCCNc2ncc(C)c(=O)[nH]2)[C@@H](O)[C@H]1O. The number of aliphatic hydroxyl groups excluding tert-OH is 2. The summed E-state index contributed by atoms with van der Waals surface area (Å²) in [6.07, 6.45) is -2.13. The summed E-state index contributed by atoms with van der Waals surface area (Å²) in [4.78, 5) is 18.0. The van der Waals surface area contributed by atoms with Gasteiger partial charge in [-0.2, -0.15) is 0 Å². The first-order valence-electron chi connectivity index (χ1n) is 6.95. The molecule has 0 amide bonds. The van der Waals surface area contributed by atoms with Crippen molar-refractivity contribution in [1.29, 1.82) is 0 Å². The second kappa shape index (κ2) is 7.65. The zero-order chi connectivity index (χ0) is 16.1. The lowest BCUT2D eigenvalue weighted by Gasteiger charge is -2.14. The summed E-state index contributed by atoms with van der Waals surface area (Å²) in [6, 6.07) is 0. The third-order valence-corrected chi connectivity index (χ3v) is 3.35. The van der Waals surface area contributed by atoms with Gasteiger partial charge in [-0.1, -0.05) is 0 Å². The number of rotatable bonds is 7. The van der Waals surface area contributed by atoms with E-state index in [0.717, 1.165) is 0 Å². The number of nitrogens with zero attached hydrogens (tertiary/aromatic N) is 1. The molecule has 0 aromatic carbocycles. The van der Waals surface area contributed by atoms with Gasteiger partial charge in [-0.25, -0.2) is 4.98 Å². The number of anilines is 1. The van der Waals surface area contributed by atoms with Gasteiger partial charge in [-0.05, 0) is 6.92 Å². The van der Waals surface area contributed by atoms with Crippen LogP contribution in [0.15, 0.2) is 11.0 Å². The zero-order valence-corrected chi connectivity index (χ0v) is 12.5. The molecular formula is C13H21N3O6. The Bertz CT molecular complexity index is 537. The van der Waals surface area contributed by atoms with Crippen LogP contribution in [0.1, 0.15) is 5.56 Å². The molecule has 2 heterocycles. The minimum atomic E-state index is -1.08. The van der Waals surface area contributed by atoms with E-state index in [2.05, 4.69) is 15.3 Å². The van der Waals surface area contributed by atoms with Crippen LogP contribution >= 0.6 is 0 Å². The molecule has 1 aromatic heterocycles. The Morgan fingerprint density at radius 2 is 2.23 bits per heavy atom. The second-order valence-corrected chi connectivity index (χ2v) is 5.01. The second-order valence-electron chi connectivity index (χ2n) is 5.01. The Kier molecular flexibility index (Phi) is 5.86. The highest BCUT2D eigenvalue weighted by Gasteiger charge is 2.42. The molecular weight excluding hydrogens is 294 g/mol. The van der Waals surface area contributed by atoms with Crippen molar-refractivity contribution in [2.45, 2.75) is 31.5 Å². The molecule has 9 nitrogen and oxygen atoms in total. The molecule has 1 fully saturated rings. The molecule has 1 aliphatic heterocycles. The van der Waals surface area contributed by atoms with E-state index in [-0.39, 0.29) is 12.2 Å². The highest BCUT2D eigenvalue weighted by molar-refractivity contribution is 5.23. The number of ether oxygens (including phenoxy) is 3. The Balaban J connectivity index is 1.67. The molecule has 0 aliphatic carbocycles. The smallest absolute Gasteiger partial charge is 0.255 e. The third-order valence-electron chi connectivity index (χ3n) is 3.35. The van der Waals surface area contributed by atoms with Gasteiger partial charge in [0.15, 0.2) is 6.29 Å². The van der Waals surface area contributed by atoms with Gasteiger partial charge in [0.2, 0.25) is 5.95 Å². The van der Waals surface area contributed by atoms with E-state index in [1.165, 1.54) is 13.3 Å². The summed E-state index contributed by atoms with van der Waals surface area (Å²) < 4.78 is 15.6. The molecule has 4 N–H and O–H groups in total. The molecule has 0 spiro atoms. The van der Waals surface area contributed by atoms with Crippen molar-refractivity contribution in [2.24, 2.45) is 0 Å². The van der Waals surface area contributed by atoms with E-state index in [1.807, 2.05) is 0 Å². The summed E-state index contributed by atoms with van der Waals surface area (Å²) in [5.74, 6) is 0.367. The molecule has 124 valence electrons. The quantitative estimate of drug-likeness (QED) is 0.453. The minimum Gasteiger partial charge on any atom is -0.387 e. The molecule has 2 rings (SSSR count). The lowest BCUT2D eigenvalue weighted by atomic mass is 10.1. The van der Waals surface area contributed by atoms with Crippen LogP contribution in [-0.2, 0) is 14.2 Å². The van der Waals surface area contributed by atoms with Crippen molar-refractivity contribution in [3.05, 3.63) is 22.1 Å². The zero-order valence-electron chi connectivity index (χ0n) is 12.5. The van der Waals surface area contributed by atoms with Crippen LogP contribution in [-0.4, -0.2) is 71.7 Å². The number of nitrogens with one attached hydrogen (secondary N) is 2. The van der Waals surface area contributed by atoms with Gasteiger partial charge in [0.1, 0.15) is 18.3 Å². The monoisotopic (exact) mass is 315 g/mol. The lowest BCUT2D eigenvalue weighted by molar-refractivity contribution is -0.155. The number of methoxy groups -OCH3 is 1. The van der Waals surface area contributed by atoms with E-state index < -0.39 is 24.6 Å². The van der Waals surface area contributed by atoms with E-state index in [0.29, 0.717) is 24.7 Å². The normalized spacial score (nSPS) is 28.0. The fourth-order valence-electron chi connectivity index (χ4n) is 2.04. The number of H-pyrrole nitrogens is 1. The summed E-state index contributed by atoms with van der Waals surface area (Å²) >= 11 is 0. The van der Waals surface area contributed by atoms with Gasteiger partial charge in [0, 0.05) is 25.4 Å². The molecule has 1 aliphatic rings. The lowest BCUT2D eigenvalue weighted by Crippen LogP contribution is -2.35. The van der Waals surface area contributed by atoms with E-state index >= 15 is 0 Å². The Labute approximate surface area is 127 Å². The van der Waals surface area contributed by atoms with Gasteiger partial charge >= 0.3 is 0 Å². The van der Waals surface area contributed by atoms with Crippen LogP contribution in [0.3, 0.4) is 0 Å². The van der Waals surface area contributed by atoms with Gasteiger partial charge in [-0.3, -0.25) is 9.78 Å². The number of aryl methyl sites for hydroxylation is 1. The van der Waals surface area contributed by atoms with Crippen molar-refractivity contribution in [2.75, 3.05) is 32.2 Å². The maximum atomic E-state index is 11.4. The third kappa shape index (κ3) is 4.02. The van der Waals surface area contributed by atoms with Gasteiger partial charge in [0.05, 0.1) is 13.2 Å². The summed E-state index contributed by atoms with van der Waals surface area (Å²) in [5.41, 5.74) is 0.348. The van der Waals surface area contributed by atoms with Crippen LogP contribution < -0.4 is 10.9 Å². The minimum absolute atomic E-state index is 0.123. The van der Waals surface area contributed by atoms with Gasteiger partial charge < -0.3 is 29.7 Å². The maximum absolute atomic E-state index is 11.4. The highest BCUT2D eigenvalue weighted by atomic mass is 16.7.